The zero-order valence-electron chi connectivity index (χ0n) is 16.3. The van der Waals surface area contributed by atoms with Gasteiger partial charge in [-0.2, -0.15) is 0 Å². The lowest BCUT2D eigenvalue weighted by Crippen LogP contribution is -2.54. The summed E-state index contributed by atoms with van der Waals surface area (Å²) < 4.78 is 0. The van der Waals surface area contributed by atoms with E-state index in [0.717, 1.165) is 22.2 Å². The third kappa shape index (κ3) is 3.00. The fourth-order valence-corrected chi connectivity index (χ4v) is 4.28. The van der Waals surface area contributed by atoms with E-state index in [1.165, 1.54) is 0 Å². The van der Waals surface area contributed by atoms with E-state index >= 15 is 0 Å². The van der Waals surface area contributed by atoms with E-state index in [9.17, 15) is 14.4 Å². The summed E-state index contributed by atoms with van der Waals surface area (Å²) in [6, 6.07) is 7.50. The maximum Gasteiger partial charge on any atom is 0.322 e. The number of benzene rings is 1. The highest BCUT2D eigenvalue weighted by atomic mass is 16.2. The summed E-state index contributed by atoms with van der Waals surface area (Å²) in [6.45, 7) is 6.74. The quantitative estimate of drug-likeness (QED) is 0.782. The summed E-state index contributed by atoms with van der Waals surface area (Å²) in [6.07, 6.45) is 1.32. The van der Waals surface area contributed by atoms with Crippen LogP contribution in [0.1, 0.15) is 41.4 Å². The number of aryl methyl sites for hydroxylation is 2. The molecule has 0 saturated carbocycles. The van der Waals surface area contributed by atoms with Gasteiger partial charge in [-0.15, -0.1) is 0 Å². The molecule has 0 bridgehead atoms. The van der Waals surface area contributed by atoms with Gasteiger partial charge in [-0.25, -0.2) is 4.79 Å². The van der Waals surface area contributed by atoms with Crippen LogP contribution in [0, 0.1) is 19.8 Å². The average Bonchev–Trinajstić information content (AvgIpc) is 2.94. The molecule has 2 saturated heterocycles. The number of nitrogens with one attached hydrogen (secondary N) is 2. The number of hydrogen-bond donors (Lipinski definition) is 2. The number of carbonyl (C=O) groups is 3. The van der Waals surface area contributed by atoms with Crippen molar-refractivity contribution in [2.45, 2.75) is 39.2 Å². The normalized spacial score (nSPS) is 23.0. The lowest BCUT2D eigenvalue weighted by Gasteiger charge is -2.38. The number of urea groups is 1. The van der Waals surface area contributed by atoms with Crippen molar-refractivity contribution in [3.63, 3.8) is 0 Å². The van der Waals surface area contributed by atoms with Crippen LogP contribution in [0.25, 0.3) is 10.9 Å². The van der Waals surface area contributed by atoms with Gasteiger partial charge in [0.1, 0.15) is 5.54 Å². The number of carbonyl (C=O) groups excluding carboxylic acids is 3. The van der Waals surface area contributed by atoms with E-state index in [1.807, 2.05) is 43.0 Å². The molecule has 146 valence electrons. The van der Waals surface area contributed by atoms with Crippen molar-refractivity contribution >= 4 is 28.7 Å². The molecule has 3 heterocycles. The zero-order chi connectivity index (χ0) is 20.1. The number of amides is 4. The van der Waals surface area contributed by atoms with E-state index < -0.39 is 11.6 Å². The first kappa shape index (κ1) is 18.4. The lowest BCUT2D eigenvalue weighted by atomic mass is 9.79. The number of imide groups is 1. The van der Waals surface area contributed by atoms with Crippen molar-refractivity contribution in [3.8, 4) is 0 Å². The molecule has 2 N–H and O–H groups in total. The van der Waals surface area contributed by atoms with Gasteiger partial charge in [-0.3, -0.25) is 19.9 Å². The van der Waals surface area contributed by atoms with Crippen LogP contribution in [-0.4, -0.2) is 46.4 Å². The molecule has 28 heavy (non-hydrogen) atoms. The molecule has 1 unspecified atom stereocenters. The molecule has 1 aromatic heterocycles. The second kappa shape index (κ2) is 6.58. The second-order valence-electron chi connectivity index (χ2n) is 7.99. The molecule has 2 aromatic rings. The smallest absolute Gasteiger partial charge is 0.322 e. The summed E-state index contributed by atoms with van der Waals surface area (Å²) in [4.78, 5) is 43.2. The fourth-order valence-electron chi connectivity index (χ4n) is 4.28. The van der Waals surface area contributed by atoms with Gasteiger partial charge in [-0.1, -0.05) is 11.6 Å². The molecule has 4 rings (SSSR count). The van der Waals surface area contributed by atoms with Crippen molar-refractivity contribution in [2.75, 3.05) is 13.1 Å². The number of hydrogen-bond acceptors (Lipinski definition) is 4. The minimum atomic E-state index is -0.899. The maximum absolute atomic E-state index is 13.1. The van der Waals surface area contributed by atoms with Crippen LogP contribution in [0.4, 0.5) is 4.79 Å². The van der Waals surface area contributed by atoms with Crippen LogP contribution in [0.2, 0.25) is 0 Å². The van der Waals surface area contributed by atoms with Crippen molar-refractivity contribution < 1.29 is 14.4 Å². The van der Waals surface area contributed by atoms with Crippen molar-refractivity contribution in [1.29, 1.82) is 0 Å². The summed E-state index contributed by atoms with van der Waals surface area (Å²) in [7, 11) is 0. The predicted molar refractivity (Wildman–Crippen MR) is 105 cm³/mol. The van der Waals surface area contributed by atoms with Gasteiger partial charge in [0.25, 0.3) is 11.8 Å². The lowest BCUT2D eigenvalue weighted by molar-refractivity contribution is -0.125. The molecule has 1 atom stereocenters. The van der Waals surface area contributed by atoms with E-state index in [1.54, 1.807) is 6.92 Å². The molecule has 0 aliphatic carbocycles. The Kier molecular flexibility index (Phi) is 4.33. The van der Waals surface area contributed by atoms with Crippen LogP contribution in [0.5, 0.6) is 0 Å². The van der Waals surface area contributed by atoms with Crippen LogP contribution in [0.3, 0.4) is 0 Å². The molecule has 2 fully saturated rings. The Morgan fingerprint density at radius 2 is 1.89 bits per heavy atom. The highest BCUT2D eigenvalue weighted by Crippen LogP contribution is 2.31. The highest BCUT2D eigenvalue weighted by molar-refractivity contribution is 6.07. The Balaban J connectivity index is 1.51. The van der Waals surface area contributed by atoms with Gasteiger partial charge in [0.05, 0.1) is 16.8 Å². The molecule has 4 amide bonds. The van der Waals surface area contributed by atoms with Crippen LogP contribution < -0.4 is 10.6 Å². The van der Waals surface area contributed by atoms with Gasteiger partial charge in [0.2, 0.25) is 0 Å². The Labute approximate surface area is 163 Å². The first-order valence-electron chi connectivity index (χ1n) is 9.59. The van der Waals surface area contributed by atoms with Crippen LogP contribution >= 0.6 is 0 Å². The first-order valence-corrected chi connectivity index (χ1v) is 9.59. The molecular formula is C21H24N4O3. The number of rotatable bonds is 2. The van der Waals surface area contributed by atoms with E-state index in [0.29, 0.717) is 31.5 Å². The molecule has 2 aliphatic rings. The minimum Gasteiger partial charge on any atom is -0.339 e. The Hall–Kier alpha value is -2.96. The minimum absolute atomic E-state index is 0.00137. The molecule has 7 heteroatoms. The summed E-state index contributed by atoms with van der Waals surface area (Å²) >= 11 is 0. The largest absolute Gasteiger partial charge is 0.339 e. The number of fused-ring (bicyclic) bond motifs is 1. The maximum atomic E-state index is 13.1. The van der Waals surface area contributed by atoms with Crippen molar-refractivity contribution in [1.82, 2.24) is 20.5 Å². The summed E-state index contributed by atoms with van der Waals surface area (Å²) in [5, 5.41) is 6.02. The van der Waals surface area contributed by atoms with Gasteiger partial charge in [0, 0.05) is 18.5 Å². The molecule has 1 aromatic carbocycles. The van der Waals surface area contributed by atoms with Gasteiger partial charge in [0.15, 0.2) is 0 Å². The standard InChI is InChI=1S/C21H24N4O3/c1-12-4-5-17-14(10-12)11-16(13(2)22-17)18(26)25-8-6-15(7-9-25)21(3)19(27)23-20(28)24-21/h4-5,10-11,15H,6-9H2,1-3H3,(H2,23,24,27,28). The molecule has 0 radical (unpaired) electrons. The zero-order valence-corrected chi connectivity index (χ0v) is 16.3. The number of piperidine rings is 1. The number of likely N-dealkylation sites (tertiary alicyclic amines) is 1. The van der Waals surface area contributed by atoms with Gasteiger partial charge in [-0.05, 0) is 57.7 Å². The molecule has 0 spiro atoms. The molecular weight excluding hydrogens is 356 g/mol. The number of pyridine rings is 1. The second-order valence-corrected chi connectivity index (χ2v) is 7.99. The highest BCUT2D eigenvalue weighted by Gasteiger charge is 2.48. The van der Waals surface area contributed by atoms with Gasteiger partial charge >= 0.3 is 6.03 Å². The third-order valence-electron chi connectivity index (χ3n) is 6.06. The molecule has 7 nitrogen and oxygen atoms in total. The first-order chi connectivity index (χ1) is 13.3. The number of nitrogens with zero attached hydrogens (tertiary/aromatic N) is 2. The third-order valence-corrected chi connectivity index (χ3v) is 6.06. The topological polar surface area (TPSA) is 91.4 Å². The molecule has 2 aliphatic heterocycles. The van der Waals surface area contributed by atoms with Crippen LogP contribution in [-0.2, 0) is 4.79 Å². The Morgan fingerprint density at radius 3 is 2.54 bits per heavy atom. The van der Waals surface area contributed by atoms with E-state index in [-0.39, 0.29) is 17.7 Å². The summed E-state index contributed by atoms with van der Waals surface area (Å²) in [5.41, 5.74) is 2.45. The SMILES string of the molecule is Cc1ccc2nc(C)c(C(=O)N3CCC(C4(C)NC(=O)NC4=O)CC3)cc2c1. The van der Waals surface area contributed by atoms with Crippen LogP contribution in [0.15, 0.2) is 24.3 Å². The predicted octanol–water partition coefficient (Wildman–Crippen LogP) is 2.30. The number of aromatic nitrogens is 1. The Morgan fingerprint density at radius 1 is 1.18 bits per heavy atom. The monoisotopic (exact) mass is 380 g/mol. The Bertz CT molecular complexity index is 995. The van der Waals surface area contributed by atoms with Crippen molar-refractivity contribution in [2.24, 2.45) is 5.92 Å². The summed E-state index contributed by atoms with van der Waals surface area (Å²) in [5.74, 6) is -0.314. The van der Waals surface area contributed by atoms with Gasteiger partial charge < -0.3 is 10.2 Å². The fraction of sp³-hybridized carbons (Fsp3) is 0.429. The average molecular weight is 380 g/mol. The van der Waals surface area contributed by atoms with Crippen molar-refractivity contribution in [3.05, 3.63) is 41.1 Å². The van der Waals surface area contributed by atoms with E-state index in [2.05, 4.69) is 15.6 Å². The van der Waals surface area contributed by atoms with E-state index in [4.69, 9.17) is 0 Å².